The molecule has 2 aromatic rings. The molecule has 1 aliphatic carbocycles. The minimum Gasteiger partial charge on any atom is -0.481 e. The summed E-state index contributed by atoms with van der Waals surface area (Å²) in [6, 6.07) is 9.67. The summed E-state index contributed by atoms with van der Waals surface area (Å²) < 4.78 is 1.73. The maximum absolute atomic E-state index is 11.8. The van der Waals surface area contributed by atoms with Crippen LogP contribution >= 0.6 is 0 Å². The Morgan fingerprint density at radius 2 is 2.05 bits per heavy atom. The van der Waals surface area contributed by atoms with E-state index in [1.807, 2.05) is 36.5 Å². The van der Waals surface area contributed by atoms with Gasteiger partial charge in [0.2, 0.25) is 5.91 Å². The van der Waals surface area contributed by atoms with E-state index in [0.717, 1.165) is 11.3 Å². The van der Waals surface area contributed by atoms with Crippen LogP contribution in [0.4, 0.5) is 0 Å². The lowest BCUT2D eigenvalue weighted by Crippen LogP contribution is -2.25. The van der Waals surface area contributed by atoms with Crippen molar-refractivity contribution in [3.63, 3.8) is 0 Å². The second-order valence-corrected chi connectivity index (χ2v) is 5.13. The highest BCUT2D eigenvalue weighted by Crippen LogP contribution is 2.38. The van der Waals surface area contributed by atoms with Crippen LogP contribution in [-0.2, 0) is 16.1 Å². The molecule has 6 nitrogen and oxygen atoms in total. The van der Waals surface area contributed by atoms with E-state index in [-0.39, 0.29) is 11.8 Å². The Hall–Kier alpha value is -2.63. The zero-order valence-electron chi connectivity index (χ0n) is 11.3. The number of carboxylic acid groups (broad SMARTS) is 1. The molecule has 1 fully saturated rings. The van der Waals surface area contributed by atoms with E-state index in [0.29, 0.717) is 13.0 Å². The minimum atomic E-state index is -0.896. The first kappa shape index (κ1) is 13.4. The van der Waals surface area contributed by atoms with Crippen molar-refractivity contribution in [1.29, 1.82) is 0 Å². The van der Waals surface area contributed by atoms with Crippen LogP contribution in [0.2, 0.25) is 0 Å². The maximum Gasteiger partial charge on any atom is 0.307 e. The highest BCUT2D eigenvalue weighted by atomic mass is 16.4. The minimum absolute atomic E-state index is 0.199. The number of carboxylic acids is 1. The van der Waals surface area contributed by atoms with Gasteiger partial charge in [-0.15, -0.1) is 0 Å². The summed E-state index contributed by atoms with van der Waals surface area (Å²) in [5.41, 5.74) is 1.82. The van der Waals surface area contributed by atoms with Crippen LogP contribution in [-0.4, -0.2) is 26.8 Å². The Balaban J connectivity index is 1.56. The molecule has 0 saturated heterocycles. The first-order valence-corrected chi connectivity index (χ1v) is 6.74. The van der Waals surface area contributed by atoms with E-state index in [9.17, 15) is 9.59 Å². The fourth-order valence-electron chi connectivity index (χ4n) is 2.25. The van der Waals surface area contributed by atoms with Crippen molar-refractivity contribution in [2.45, 2.75) is 13.0 Å². The number of hydrogen-bond acceptors (Lipinski definition) is 3. The molecule has 2 atom stereocenters. The molecule has 108 valence electrons. The molecule has 1 aromatic heterocycles. The average Bonchev–Trinajstić information content (AvgIpc) is 3.17. The summed E-state index contributed by atoms with van der Waals surface area (Å²) in [6.07, 6.45) is 3.97. The summed E-state index contributed by atoms with van der Waals surface area (Å²) in [5, 5.41) is 15.8. The fourth-order valence-corrected chi connectivity index (χ4v) is 2.25. The van der Waals surface area contributed by atoms with Crippen molar-refractivity contribution in [3.8, 4) is 5.69 Å². The van der Waals surface area contributed by atoms with E-state index < -0.39 is 11.9 Å². The Morgan fingerprint density at radius 3 is 2.71 bits per heavy atom. The van der Waals surface area contributed by atoms with Crippen molar-refractivity contribution < 1.29 is 14.7 Å². The first-order chi connectivity index (χ1) is 10.1. The molecule has 1 saturated carbocycles. The third-order valence-corrected chi connectivity index (χ3v) is 3.57. The number of carbonyl (C=O) groups excluding carboxylic acids is 1. The standard InChI is InChI=1S/C15H15N3O3/c19-14(12-6-13(12)15(20)21)16-7-10-8-17-18(9-10)11-4-2-1-3-5-11/h1-5,8-9,12-13H,6-7H2,(H,16,19)(H,20,21)/t12-,13+/m1/s1. The highest BCUT2D eigenvalue weighted by molar-refractivity contribution is 5.89. The normalized spacial score (nSPS) is 20.0. The van der Waals surface area contributed by atoms with E-state index in [2.05, 4.69) is 10.4 Å². The zero-order chi connectivity index (χ0) is 14.8. The molecule has 1 heterocycles. The number of hydrogen-bond donors (Lipinski definition) is 2. The van der Waals surface area contributed by atoms with Crippen LogP contribution in [0, 0.1) is 11.8 Å². The van der Waals surface area contributed by atoms with Crippen LogP contribution < -0.4 is 5.32 Å². The molecule has 21 heavy (non-hydrogen) atoms. The van der Waals surface area contributed by atoms with Gasteiger partial charge in [0.15, 0.2) is 0 Å². The molecule has 0 spiro atoms. The third kappa shape index (κ3) is 2.94. The molecule has 0 bridgehead atoms. The van der Waals surface area contributed by atoms with Crippen molar-refractivity contribution in [2.24, 2.45) is 11.8 Å². The summed E-state index contributed by atoms with van der Waals surface area (Å²) in [6.45, 7) is 0.356. The molecule has 0 aliphatic heterocycles. The summed E-state index contributed by atoms with van der Waals surface area (Å²) in [4.78, 5) is 22.5. The number of carbonyl (C=O) groups is 2. The monoisotopic (exact) mass is 285 g/mol. The molecule has 2 N–H and O–H groups in total. The van der Waals surface area contributed by atoms with Crippen molar-refractivity contribution in [2.75, 3.05) is 0 Å². The summed E-state index contributed by atoms with van der Waals surface area (Å²) in [7, 11) is 0. The lowest BCUT2D eigenvalue weighted by molar-refractivity contribution is -0.140. The maximum atomic E-state index is 11.8. The molecular weight excluding hydrogens is 270 g/mol. The largest absolute Gasteiger partial charge is 0.481 e. The smallest absolute Gasteiger partial charge is 0.307 e. The van der Waals surface area contributed by atoms with E-state index in [4.69, 9.17) is 5.11 Å². The summed E-state index contributed by atoms with van der Waals surface area (Å²) in [5.74, 6) is -1.99. The SMILES string of the molecule is O=C(O)[C@H]1C[C@H]1C(=O)NCc1cnn(-c2ccccc2)c1. The second-order valence-electron chi connectivity index (χ2n) is 5.13. The van der Waals surface area contributed by atoms with Crippen LogP contribution in [0.3, 0.4) is 0 Å². The van der Waals surface area contributed by atoms with Crippen LogP contribution in [0.1, 0.15) is 12.0 Å². The molecule has 3 rings (SSSR count). The Bertz CT molecular complexity index is 666. The highest BCUT2D eigenvalue weighted by Gasteiger charge is 2.48. The molecular formula is C15H15N3O3. The van der Waals surface area contributed by atoms with Crippen LogP contribution in [0.15, 0.2) is 42.7 Å². The van der Waals surface area contributed by atoms with Gasteiger partial charge in [-0.2, -0.15) is 5.10 Å². The van der Waals surface area contributed by atoms with Gasteiger partial charge in [-0.25, -0.2) is 4.68 Å². The predicted octanol–water partition coefficient (Wildman–Crippen LogP) is 1.21. The molecule has 0 radical (unpaired) electrons. The van der Waals surface area contributed by atoms with Gasteiger partial charge in [0.25, 0.3) is 0 Å². The zero-order valence-corrected chi connectivity index (χ0v) is 11.3. The van der Waals surface area contributed by atoms with Crippen LogP contribution in [0.25, 0.3) is 5.69 Å². The average molecular weight is 285 g/mol. The van der Waals surface area contributed by atoms with Crippen molar-refractivity contribution in [1.82, 2.24) is 15.1 Å². The lowest BCUT2D eigenvalue weighted by Gasteiger charge is -2.02. The topological polar surface area (TPSA) is 84.2 Å². The Kier molecular flexibility index (Phi) is 3.43. The Morgan fingerprint density at radius 1 is 1.29 bits per heavy atom. The van der Waals surface area contributed by atoms with Gasteiger partial charge in [0, 0.05) is 18.3 Å². The van der Waals surface area contributed by atoms with E-state index in [1.54, 1.807) is 10.9 Å². The van der Waals surface area contributed by atoms with E-state index in [1.165, 1.54) is 0 Å². The predicted molar refractivity (Wildman–Crippen MR) is 74.6 cm³/mol. The van der Waals surface area contributed by atoms with Gasteiger partial charge >= 0.3 is 5.97 Å². The number of benzene rings is 1. The molecule has 1 aliphatic rings. The van der Waals surface area contributed by atoms with Crippen LogP contribution in [0.5, 0.6) is 0 Å². The molecule has 1 aromatic carbocycles. The molecule has 0 unspecified atom stereocenters. The van der Waals surface area contributed by atoms with Gasteiger partial charge in [-0.1, -0.05) is 18.2 Å². The van der Waals surface area contributed by atoms with Gasteiger partial charge in [-0.3, -0.25) is 9.59 Å². The number of nitrogens with zero attached hydrogens (tertiary/aromatic N) is 2. The number of para-hydroxylation sites is 1. The van der Waals surface area contributed by atoms with Crippen molar-refractivity contribution in [3.05, 3.63) is 48.3 Å². The number of aliphatic carboxylic acids is 1. The van der Waals surface area contributed by atoms with Gasteiger partial charge < -0.3 is 10.4 Å². The Labute approximate surface area is 121 Å². The number of nitrogens with one attached hydrogen (secondary N) is 1. The second kappa shape index (κ2) is 5.40. The quantitative estimate of drug-likeness (QED) is 0.864. The number of amides is 1. The van der Waals surface area contributed by atoms with Gasteiger partial charge in [0.1, 0.15) is 0 Å². The van der Waals surface area contributed by atoms with E-state index >= 15 is 0 Å². The van der Waals surface area contributed by atoms with Crippen molar-refractivity contribution >= 4 is 11.9 Å². The molecule has 1 amide bonds. The number of aromatic nitrogens is 2. The lowest BCUT2D eigenvalue weighted by atomic mass is 10.3. The third-order valence-electron chi connectivity index (χ3n) is 3.57. The fraction of sp³-hybridized carbons (Fsp3) is 0.267. The molecule has 6 heteroatoms. The first-order valence-electron chi connectivity index (χ1n) is 6.74. The number of rotatable bonds is 5. The van der Waals surface area contributed by atoms with Gasteiger partial charge in [0.05, 0.1) is 23.7 Å². The summed E-state index contributed by atoms with van der Waals surface area (Å²) >= 11 is 0. The van der Waals surface area contributed by atoms with Gasteiger partial charge in [-0.05, 0) is 18.6 Å².